The van der Waals surface area contributed by atoms with Gasteiger partial charge in [-0.05, 0) is 41.7 Å². The molecular formula is C21H27NO4. The van der Waals surface area contributed by atoms with E-state index in [-0.39, 0.29) is 12.3 Å². The van der Waals surface area contributed by atoms with Crippen molar-refractivity contribution in [2.45, 2.75) is 32.6 Å². The Morgan fingerprint density at radius 2 is 1.65 bits per heavy atom. The van der Waals surface area contributed by atoms with E-state index in [9.17, 15) is 4.79 Å². The van der Waals surface area contributed by atoms with Gasteiger partial charge < -0.3 is 19.5 Å². The molecule has 0 radical (unpaired) electrons. The summed E-state index contributed by atoms with van der Waals surface area (Å²) in [5.41, 5.74) is 2.80. The third-order valence-electron chi connectivity index (χ3n) is 4.47. The minimum absolute atomic E-state index is 0.0879. The van der Waals surface area contributed by atoms with Gasteiger partial charge in [-0.25, -0.2) is 0 Å². The molecule has 26 heavy (non-hydrogen) atoms. The lowest BCUT2D eigenvalue weighted by Crippen LogP contribution is -2.16. The topological polar surface area (TPSA) is 56.8 Å². The SMILES string of the molecule is CC[C@@H](C)c1ccccc1NC(=O)Cc1cc(OC)c(OC)c(OC)c1. The molecule has 1 amide bonds. The van der Waals surface area contributed by atoms with Crippen molar-refractivity contribution < 1.29 is 19.0 Å². The Bertz CT molecular complexity index is 732. The van der Waals surface area contributed by atoms with E-state index < -0.39 is 0 Å². The molecule has 0 aliphatic carbocycles. The van der Waals surface area contributed by atoms with Gasteiger partial charge in [0.05, 0.1) is 27.8 Å². The maximum atomic E-state index is 12.6. The summed E-state index contributed by atoms with van der Waals surface area (Å²) in [6.07, 6.45) is 1.23. The van der Waals surface area contributed by atoms with Crippen molar-refractivity contribution in [3.05, 3.63) is 47.5 Å². The van der Waals surface area contributed by atoms with Crippen LogP contribution in [-0.4, -0.2) is 27.2 Å². The summed E-state index contributed by atoms with van der Waals surface area (Å²) in [5.74, 6) is 1.88. The Morgan fingerprint density at radius 1 is 1.04 bits per heavy atom. The number of methoxy groups -OCH3 is 3. The van der Waals surface area contributed by atoms with E-state index in [4.69, 9.17) is 14.2 Å². The largest absolute Gasteiger partial charge is 0.493 e. The fourth-order valence-electron chi connectivity index (χ4n) is 2.88. The number of carbonyl (C=O) groups excluding carboxylic acids is 1. The molecule has 140 valence electrons. The van der Waals surface area contributed by atoms with Crippen molar-refractivity contribution in [2.75, 3.05) is 26.6 Å². The lowest BCUT2D eigenvalue weighted by Gasteiger charge is -2.16. The molecule has 0 aliphatic heterocycles. The number of ether oxygens (including phenoxy) is 3. The third-order valence-corrected chi connectivity index (χ3v) is 4.47. The Kier molecular flexibility index (Phi) is 6.89. The molecule has 5 nitrogen and oxygen atoms in total. The minimum Gasteiger partial charge on any atom is -0.493 e. The fourth-order valence-corrected chi connectivity index (χ4v) is 2.88. The summed E-state index contributed by atoms with van der Waals surface area (Å²) in [5, 5.41) is 3.03. The summed E-state index contributed by atoms with van der Waals surface area (Å²) in [6, 6.07) is 11.5. The predicted molar refractivity (Wildman–Crippen MR) is 104 cm³/mol. The average Bonchev–Trinajstić information content (AvgIpc) is 2.66. The Morgan fingerprint density at radius 3 is 2.19 bits per heavy atom. The van der Waals surface area contributed by atoms with Crippen LogP contribution >= 0.6 is 0 Å². The van der Waals surface area contributed by atoms with Gasteiger partial charge in [-0.3, -0.25) is 4.79 Å². The first-order chi connectivity index (χ1) is 12.5. The molecule has 1 atom stereocenters. The highest BCUT2D eigenvalue weighted by atomic mass is 16.5. The van der Waals surface area contributed by atoms with Gasteiger partial charge >= 0.3 is 0 Å². The zero-order valence-corrected chi connectivity index (χ0v) is 16.1. The number of hydrogen-bond acceptors (Lipinski definition) is 4. The van der Waals surface area contributed by atoms with Gasteiger partial charge in [0.15, 0.2) is 11.5 Å². The van der Waals surface area contributed by atoms with Crippen LogP contribution < -0.4 is 19.5 Å². The summed E-state index contributed by atoms with van der Waals surface area (Å²) >= 11 is 0. The number of carbonyl (C=O) groups is 1. The molecule has 0 saturated heterocycles. The van der Waals surface area contributed by atoms with Crippen LogP contribution in [0.1, 0.15) is 37.3 Å². The number of anilines is 1. The Balaban J connectivity index is 2.21. The number of hydrogen-bond donors (Lipinski definition) is 1. The van der Waals surface area contributed by atoms with E-state index in [1.165, 1.54) is 0 Å². The normalized spacial score (nSPS) is 11.6. The first kappa shape index (κ1) is 19.6. The first-order valence-electron chi connectivity index (χ1n) is 8.71. The van der Waals surface area contributed by atoms with Crippen LogP contribution in [-0.2, 0) is 11.2 Å². The maximum absolute atomic E-state index is 12.6. The van der Waals surface area contributed by atoms with Crippen LogP contribution in [0.3, 0.4) is 0 Å². The zero-order chi connectivity index (χ0) is 19.1. The summed E-state index contributed by atoms with van der Waals surface area (Å²) in [6.45, 7) is 4.30. The van der Waals surface area contributed by atoms with Crippen LogP contribution in [0.5, 0.6) is 17.2 Å². The minimum atomic E-state index is -0.0879. The summed E-state index contributed by atoms with van der Waals surface area (Å²) in [4.78, 5) is 12.6. The van der Waals surface area contributed by atoms with Gasteiger partial charge in [0.2, 0.25) is 11.7 Å². The van der Waals surface area contributed by atoms with Crippen LogP contribution in [0.25, 0.3) is 0 Å². The number of rotatable bonds is 8. The molecule has 2 rings (SSSR count). The smallest absolute Gasteiger partial charge is 0.228 e. The molecule has 2 aromatic carbocycles. The van der Waals surface area contributed by atoms with E-state index in [1.807, 2.05) is 18.2 Å². The van der Waals surface area contributed by atoms with Crippen molar-refractivity contribution in [3.63, 3.8) is 0 Å². The van der Waals surface area contributed by atoms with Crippen molar-refractivity contribution in [1.29, 1.82) is 0 Å². The quantitative estimate of drug-likeness (QED) is 0.760. The van der Waals surface area contributed by atoms with Crippen LogP contribution in [0.15, 0.2) is 36.4 Å². The number of amides is 1. The zero-order valence-electron chi connectivity index (χ0n) is 16.1. The molecule has 0 unspecified atom stereocenters. The van der Waals surface area contributed by atoms with Crippen molar-refractivity contribution in [2.24, 2.45) is 0 Å². The van der Waals surface area contributed by atoms with Crippen molar-refractivity contribution in [1.82, 2.24) is 0 Å². The second kappa shape index (κ2) is 9.13. The number of para-hydroxylation sites is 1. The lowest BCUT2D eigenvalue weighted by atomic mass is 9.97. The molecule has 2 aromatic rings. The maximum Gasteiger partial charge on any atom is 0.228 e. The van der Waals surface area contributed by atoms with Crippen molar-refractivity contribution >= 4 is 11.6 Å². The predicted octanol–water partition coefficient (Wildman–Crippen LogP) is 4.41. The Hall–Kier alpha value is -2.69. The third kappa shape index (κ3) is 4.48. The molecule has 5 heteroatoms. The molecular weight excluding hydrogens is 330 g/mol. The Labute approximate surface area is 155 Å². The number of nitrogens with one attached hydrogen (secondary N) is 1. The van der Waals surface area contributed by atoms with Gasteiger partial charge in [-0.1, -0.05) is 32.0 Å². The summed E-state index contributed by atoms with van der Waals surface area (Å²) in [7, 11) is 4.67. The second-order valence-electron chi connectivity index (χ2n) is 6.16. The molecule has 0 fully saturated rings. The lowest BCUT2D eigenvalue weighted by molar-refractivity contribution is -0.115. The second-order valence-corrected chi connectivity index (χ2v) is 6.16. The van der Waals surface area contributed by atoms with E-state index >= 15 is 0 Å². The van der Waals surface area contributed by atoms with Gasteiger partial charge in [-0.15, -0.1) is 0 Å². The highest BCUT2D eigenvalue weighted by molar-refractivity contribution is 5.93. The first-order valence-corrected chi connectivity index (χ1v) is 8.71. The molecule has 1 N–H and O–H groups in total. The highest BCUT2D eigenvalue weighted by Crippen LogP contribution is 2.38. The number of benzene rings is 2. The van der Waals surface area contributed by atoms with E-state index in [2.05, 4.69) is 25.2 Å². The standard InChI is InChI=1S/C21H27NO4/c1-6-14(2)16-9-7-8-10-17(16)22-20(23)13-15-11-18(24-3)21(26-5)19(12-15)25-4/h7-12,14H,6,13H2,1-5H3,(H,22,23)/t14-/m1/s1. The average molecular weight is 357 g/mol. The van der Waals surface area contributed by atoms with E-state index in [0.29, 0.717) is 23.2 Å². The van der Waals surface area contributed by atoms with Gasteiger partial charge in [0, 0.05) is 5.69 Å². The van der Waals surface area contributed by atoms with Gasteiger partial charge in [0.1, 0.15) is 0 Å². The van der Waals surface area contributed by atoms with Crippen LogP contribution in [0, 0.1) is 0 Å². The van der Waals surface area contributed by atoms with Crippen molar-refractivity contribution in [3.8, 4) is 17.2 Å². The highest BCUT2D eigenvalue weighted by Gasteiger charge is 2.16. The molecule has 0 aromatic heterocycles. The monoisotopic (exact) mass is 357 g/mol. The fraction of sp³-hybridized carbons (Fsp3) is 0.381. The van der Waals surface area contributed by atoms with Gasteiger partial charge in [-0.2, -0.15) is 0 Å². The van der Waals surface area contributed by atoms with E-state index in [0.717, 1.165) is 23.2 Å². The molecule has 0 heterocycles. The van der Waals surface area contributed by atoms with Crippen LogP contribution in [0.4, 0.5) is 5.69 Å². The molecule has 0 aliphatic rings. The molecule has 0 spiro atoms. The summed E-state index contributed by atoms with van der Waals surface area (Å²) < 4.78 is 16.0. The van der Waals surface area contributed by atoms with Gasteiger partial charge in [0.25, 0.3) is 0 Å². The molecule has 0 bridgehead atoms. The van der Waals surface area contributed by atoms with Crippen LogP contribution in [0.2, 0.25) is 0 Å². The van der Waals surface area contributed by atoms with E-state index in [1.54, 1.807) is 33.5 Å². The molecule has 0 saturated carbocycles.